The number of halogens is 2. The number of Topliss-reactive ketones (excluding diaryl/α,β-unsaturated/α-hetero) is 1. The van der Waals surface area contributed by atoms with Crippen LogP contribution in [0.3, 0.4) is 0 Å². The summed E-state index contributed by atoms with van der Waals surface area (Å²) in [5, 5.41) is -0.0168. The summed E-state index contributed by atoms with van der Waals surface area (Å²) < 4.78 is 20.7. The fourth-order valence-corrected chi connectivity index (χ4v) is 2.92. The van der Waals surface area contributed by atoms with Crippen molar-refractivity contribution in [1.29, 1.82) is 0 Å². The molecule has 1 aromatic heterocycles. The Morgan fingerprint density at radius 1 is 1.36 bits per heavy atom. The quantitative estimate of drug-likeness (QED) is 0.760. The first-order chi connectivity index (χ1) is 10.5. The average Bonchev–Trinajstić information content (AvgIpc) is 3.26. The zero-order valence-electron chi connectivity index (χ0n) is 12.5. The van der Waals surface area contributed by atoms with Gasteiger partial charge in [-0.05, 0) is 44.9 Å². The second-order valence-corrected chi connectivity index (χ2v) is 6.08. The van der Waals surface area contributed by atoms with E-state index in [1.807, 2.05) is 19.9 Å². The SMILES string of the molecule is Cc1cc(C(=O)COc2ccc(F)c(Cl)c2)c(C)n1C1CC1. The number of nitrogens with zero attached hydrogens (tertiary/aromatic N) is 1. The van der Waals surface area contributed by atoms with Gasteiger partial charge in [0, 0.05) is 29.1 Å². The van der Waals surface area contributed by atoms with Gasteiger partial charge in [0.05, 0.1) is 5.02 Å². The average molecular weight is 322 g/mol. The zero-order valence-corrected chi connectivity index (χ0v) is 13.3. The number of hydrogen-bond donors (Lipinski definition) is 0. The summed E-state index contributed by atoms with van der Waals surface area (Å²) in [5.74, 6) is -0.204. The fraction of sp³-hybridized carbons (Fsp3) is 0.353. The highest BCUT2D eigenvalue weighted by molar-refractivity contribution is 6.30. The first-order valence-corrected chi connectivity index (χ1v) is 7.64. The third-order valence-electron chi connectivity index (χ3n) is 3.96. The van der Waals surface area contributed by atoms with Gasteiger partial charge in [-0.15, -0.1) is 0 Å². The molecule has 1 saturated carbocycles. The van der Waals surface area contributed by atoms with E-state index in [-0.39, 0.29) is 17.4 Å². The predicted molar refractivity (Wildman–Crippen MR) is 83.4 cm³/mol. The molecule has 0 N–H and O–H groups in total. The van der Waals surface area contributed by atoms with E-state index in [1.165, 1.54) is 31.0 Å². The van der Waals surface area contributed by atoms with Gasteiger partial charge >= 0.3 is 0 Å². The van der Waals surface area contributed by atoms with Gasteiger partial charge in [0.15, 0.2) is 6.61 Å². The van der Waals surface area contributed by atoms with Crippen molar-refractivity contribution in [3.05, 3.63) is 52.1 Å². The Morgan fingerprint density at radius 3 is 2.73 bits per heavy atom. The maximum Gasteiger partial charge on any atom is 0.202 e. The first-order valence-electron chi connectivity index (χ1n) is 7.27. The molecule has 0 saturated heterocycles. The van der Waals surface area contributed by atoms with Gasteiger partial charge in [-0.3, -0.25) is 4.79 Å². The van der Waals surface area contributed by atoms with Crippen molar-refractivity contribution < 1.29 is 13.9 Å². The van der Waals surface area contributed by atoms with Gasteiger partial charge in [-0.2, -0.15) is 0 Å². The van der Waals surface area contributed by atoms with Gasteiger partial charge < -0.3 is 9.30 Å². The lowest BCUT2D eigenvalue weighted by atomic mass is 10.1. The Balaban J connectivity index is 1.72. The molecule has 0 spiro atoms. The van der Waals surface area contributed by atoms with Crippen molar-refractivity contribution in [1.82, 2.24) is 4.57 Å². The van der Waals surface area contributed by atoms with Crippen molar-refractivity contribution in [2.75, 3.05) is 6.61 Å². The van der Waals surface area contributed by atoms with Crippen LogP contribution >= 0.6 is 11.6 Å². The minimum Gasteiger partial charge on any atom is -0.485 e. The van der Waals surface area contributed by atoms with Crippen LogP contribution in [0.15, 0.2) is 24.3 Å². The van der Waals surface area contributed by atoms with Crippen LogP contribution in [0.2, 0.25) is 5.02 Å². The second kappa shape index (κ2) is 5.76. The van der Waals surface area contributed by atoms with Crippen LogP contribution < -0.4 is 4.74 Å². The molecular weight excluding hydrogens is 305 g/mol. The van der Waals surface area contributed by atoms with E-state index in [9.17, 15) is 9.18 Å². The predicted octanol–water partition coefficient (Wildman–Crippen LogP) is 4.49. The Kier molecular flexibility index (Phi) is 3.96. The van der Waals surface area contributed by atoms with E-state index in [2.05, 4.69) is 4.57 Å². The molecule has 0 bridgehead atoms. The molecule has 5 heteroatoms. The first kappa shape index (κ1) is 15.1. The van der Waals surface area contributed by atoms with E-state index in [1.54, 1.807) is 0 Å². The minimum atomic E-state index is -0.506. The molecule has 1 heterocycles. The van der Waals surface area contributed by atoms with Crippen LogP contribution in [0.1, 0.15) is 40.6 Å². The van der Waals surface area contributed by atoms with E-state index in [4.69, 9.17) is 16.3 Å². The lowest BCUT2D eigenvalue weighted by Crippen LogP contribution is -2.13. The molecule has 116 valence electrons. The number of benzene rings is 1. The standard InChI is InChI=1S/C17H17ClFNO2/c1-10-7-14(11(2)20(10)12-3-4-12)17(21)9-22-13-5-6-16(19)15(18)8-13/h5-8,12H,3-4,9H2,1-2H3. The Bertz CT molecular complexity index is 735. The van der Waals surface area contributed by atoms with Crippen LogP contribution in [-0.4, -0.2) is 17.0 Å². The smallest absolute Gasteiger partial charge is 0.202 e. The number of rotatable bonds is 5. The lowest BCUT2D eigenvalue weighted by Gasteiger charge is -2.08. The minimum absolute atomic E-state index is 0.0168. The number of hydrogen-bond acceptors (Lipinski definition) is 2. The molecule has 3 nitrogen and oxygen atoms in total. The number of aromatic nitrogens is 1. The number of carbonyl (C=O) groups is 1. The number of ketones is 1. The van der Waals surface area contributed by atoms with Gasteiger partial charge in [-0.25, -0.2) is 4.39 Å². The summed E-state index contributed by atoms with van der Waals surface area (Å²) in [5.41, 5.74) is 2.79. The molecule has 0 amide bonds. The highest BCUT2D eigenvalue weighted by Crippen LogP contribution is 2.38. The van der Waals surface area contributed by atoms with Crippen molar-refractivity contribution in [2.45, 2.75) is 32.7 Å². The summed E-state index contributed by atoms with van der Waals surface area (Å²) in [6.45, 7) is 3.90. The molecule has 0 unspecified atom stereocenters. The molecule has 1 fully saturated rings. The van der Waals surface area contributed by atoms with Crippen LogP contribution in [0.5, 0.6) is 5.75 Å². The summed E-state index contributed by atoms with van der Waals surface area (Å²) in [6, 6.07) is 6.51. The van der Waals surface area contributed by atoms with E-state index >= 15 is 0 Å². The molecule has 3 rings (SSSR count). The van der Waals surface area contributed by atoms with Crippen molar-refractivity contribution in [3.63, 3.8) is 0 Å². The van der Waals surface area contributed by atoms with Crippen LogP contribution in [0, 0.1) is 19.7 Å². The maximum atomic E-state index is 13.1. The molecule has 2 aromatic rings. The van der Waals surface area contributed by atoms with Crippen molar-refractivity contribution >= 4 is 17.4 Å². The molecule has 22 heavy (non-hydrogen) atoms. The third-order valence-corrected chi connectivity index (χ3v) is 4.25. The van der Waals surface area contributed by atoms with Gasteiger partial charge in [0.1, 0.15) is 11.6 Å². The summed E-state index contributed by atoms with van der Waals surface area (Å²) >= 11 is 5.69. The highest BCUT2D eigenvalue weighted by atomic mass is 35.5. The number of aryl methyl sites for hydroxylation is 1. The molecule has 0 atom stereocenters. The van der Waals surface area contributed by atoms with E-state index in [0.717, 1.165) is 11.4 Å². The van der Waals surface area contributed by atoms with Gasteiger partial charge in [0.25, 0.3) is 0 Å². The number of ether oxygens (including phenoxy) is 1. The summed E-state index contributed by atoms with van der Waals surface area (Å²) in [4.78, 5) is 12.4. The van der Waals surface area contributed by atoms with Crippen LogP contribution in [0.25, 0.3) is 0 Å². The third kappa shape index (κ3) is 2.88. The Hall–Kier alpha value is -1.81. The fourth-order valence-electron chi connectivity index (χ4n) is 2.75. The van der Waals surface area contributed by atoms with Gasteiger partial charge in [0.2, 0.25) is 5.78 Å². The normalized spacial score (nSPS) is 14.2. The second-order valence-electron chi connectivity index (χ2n) is 5.67. The van der Waals surface area contributed by atoms with Crippen LogP contribution in [-0.2, 0) is 0 Å². The molecule has 1 aliphatic carbocycles. The van der Waals surface area contributed by atoms with Crippen molar-refractivity contribution in [3.8, 4) is 5.75 Å². The van der Waals surface area contributed by atoms with Gasteiger partial charge in [-0.1, -0.05) is 11.6 Å². The largest absolute Gasteiger partial charge is 0.485 e. The maximum absolute atomic E-state index is 13.1. The Labute approximate surface area is 133 Å². The lowest BCUT2D eigenvalue weighted by molar-refractivity contribution is 0.0920. The van der Waals surface area contributed by atoms with E-state index < -0.39 is 5.82 Å². The summed E-state index contributed by atoms with van der Waals surface area (Å²) in [7, 11) is 0. The highest BCUT2D eigenvalue weighted by Gasteiger charge is 2.28. The molecule has 0 radical (unpaired) electrons. The number of carbonyl (C=O) groups excluding carboxylic acids is 1. The molecule has 1 aliphatic rings. The zero-order chi connectivity index (χ0) is 15.9. The van der Waals surface area contributed by atoms with Crippen LogP contribution in [0.4, 0.5) is 4.39 Å². The Morgan fingerprint density at radius 2 is 2.09 bits per heavy atom. The molecular formula is C17H17ClFNO2. The monoisotopic (exact) mass is 321 g/mol. The van der Waals surface area contributed by atoms with E-state index in [0.29, 0.717) is 17.4 Å². The topological polar surface area (TPSA) is 31.2 Å². The molecule has 1 aromatic carbocycles. The summed E-state index contributed by atoms with van der Waals surface area (Å²) in [6.07, 6.45) is 2.35. The molecule has 0 aliphatic heterocycles. The van der Waals surface area contributed by atoms with Crippen molar-refractivity contribution in [2.24, 2.45) is 0 Å².